The van der Waals surface area contributed by atoms with Crippen LogP contribution < -0.4 is 10.6 Å². The molecule has 0 saturated heterocycles. The highest BCUT2D eigenvalue weighted by Gasteiger charge is 2.20. The van der Waals surface area contributed by atoms with Gasteiger partial charge in [-0.25, -0.2) is 8.78 Å². The largest absolute Gasteiger partial charge is 0.295 e. The molecule has 7 heteroatoms. The Morgan fingerprint density at radius 1 is 1.12 bits per heavy atom. The first-order valence-electron chi connectivity index (χ1n) is 7.88. The summed E-state index contributed by atoms with van der Waals surface area (Å²) in [5, 5.41) is 14.2. The number of halogens is 2. The molecule has 0 heterocycles. The van der Waals surface area contributed by atoms with Crippen molar-refractivity contribution in [3.8, 4) is 6.07 Å². The number of carbonyl (C=O) groups is 2. The third-order valence-electron chi connectivity index (χ3n) is 3.62. The molecule has 2 rings (SSSR count). The van der Waals surface area contributed by atoms with Crippen LogP contribution in [0, 0.1) is 23.0 Å². The molecule has 1 unspecified atom stereocenters. The zero-order valence-corrected chi connectivity index (χ0v) is 14.0. The third kappa shape index (κ3) is 5.46. The second kappa shape index (κ2) is 8.83. The van der Waals surface area contributed by atoms with Gasteiger partial charge in [-0.15, -0.1) is 0 Å². The summed E-state index contributed by atoms with van der Waals surface area (Å²) in [5.74, 6) is -2.92. The van der Waals surface area contributed by atoms with E-state index in [0.29, 0.717) is 11.6 Å². The van der Waals surface area contributed by atoms with E-state index in [4.69, 9.17) is 0 Å². The Labute approximate surface area is 149 Å². The van der Waals surface area contributed by atoms with E-state index in [9.17, 15) is 23.6 Å². The standard InChI is InChI=1S/C19H17F2N3O2/c1-12(23-17(11-22)14-5-3-2-4-6-14)19(26)24-18(25)9-13-7-15(20)10-16(21)8-13/h2-8,10,12,17,23H,9H2,1H3,(H,24,25,26)/t12-,17?/m0/s1. The van der Waals surface area contributed by atoms with Crippen LogP contribution in [-0.4, -0.2) is 17.9 Å². The van der Waals surface area contributed by atoms with Crippen LogP contribution in [-0.2, 0) is 16.0 Å². The number of amides is 2. The number of nitrogens with zero attached hydrogens (tertiary/aromatic N) is 1. The first-order chi connectivity index (χ1) is 12.4. The van der Waals surface area contributed by atoms with Gasteiger partial charge >= 0.3 is 0 Å². The summed E-state index contributed by atoms with van der Waals surface area (Å²) in [6.07, 6.45) is -0.340. The molecule has 0 aliphatic rings. The summed E-state index contributed by atoms with van der Waals surface area (Å²) in [4.78, 5) is 24.0. The van der Waals surface area contributed by atoms with Crippen LogP contribution >= 0.6 is 0 Å². The average Bonchev–Trinajstić information content (AvgIpc) is 2.59. The van der Waals surface area contributed by atoms with E-state index in [1.807, 2.05) is 6.07 Å². The van der Waals surface area contributed by atoms with Crippen LogP contribution in [0.3, 0.4) is 0 Å². The SMILES string of the molecule is C[C@H](NC(C#N)c1ccccc1)C(=O)NC(=O)Cc1cc(F)cc(F)c1. The lowest BCUT2D eigenvalue weighted by Gasteiger charge is -2.17. The van der Waals surface area contributed by atoms with Crippen molar-refractivity contribution in [2.24, 2.45) is 0 Å². The molecule has 0 radical (unpaired) electrons. The van der Waals surface area contributed by atoms with Gasteiger partial charge in [-0.3, -0.25) is 20.2 Å². The minimum atomic E-state index is -0.826. The zero-order valence-electron chi connectivity index (χ0n) is 14.0. The lowest BCUT2D eigenvalue weighted by Crippen LogP contribution is -2.46. The molecule has 0 bridgehead atoms. The van der Waals surface area contributed by atoms with Gasteiger partial charge in [0.15, 0.2) is 0 Å². The van der Waals surface area contributed by atoms with Crippen molar-refractivity contribution < 1.29 is 18.4 Å². The number of benzene rings is 2. The van der Waals surface area contributed by atoms with Crippen LogP contribution in [0.25, 0.3) is 0 Å². The van der Waals surface area contributed by atoms with Crippen molar-refractivity contribution in [2.45, 2.75) is 25.4 Å². The zero-order chi connectivity index (χ0) is 19.1. The number of imide groups is 1. The number of hydrogen-bond acceptors (Lipinski definition) is 4. The van der Waals surface area contributed by atoms with Crippen LogP contribution in [0.15, 0.2) is 48.5 Å². The highest BCUT2D eigenvalue weighted by Crippen LogP contribution is 2.12. The van der Waals surface area contributed by atoms with Crippen molar-refractivity contribution in [3.05, 3.63) is 71.3 Å². The van der Waals surface area contributed by atoms with Gasteiger partial charge in [0.1, 0.15) is 17.7 Å². The van der Waals surface area contributed by atoms with Gasteiger partial charge in [0, 0.05) is 6.07 Å². The quantitative estimate of drug-likeness (QED) is 0.832. The van der Waals surface area contributed by atoms with Gasteiger partial charge in [-0.1, -0.05) is 30.3 Å². The summed E-state index contributed by atoms with van der Waals surface area (Å²) < 4.78 is 26.3. The van der Waals surface area contributed by atoms with Gasteiger partial charge in [0.25, 0.3) is 0 Å². The van der Waals surface area contributed by atoms with Crippen molar-refractivity contribution >= 4 is 11.8 Å². The van der Waals surface area contributed by atoms with Crippen LogP contribution in [0.2, 0.25) is 0 Å². The molecule has 2 amide bonds. The Kier molecular flexibility index (Phi) is 6.53. The number of nitrogens with one attached hydrogen (secondary N) is 2. The van der Waals surface area contributed by atoms with E-state index >= 15 is 0 Å². The summed E-state index contributed by atoms with van der Waals surface area (Å²) in [6, 6.07) is 12.1. The van der Waals surface area contributed by atoms with E-state index in [0.717, 1.165) is 12.1 Å². The molecule has 0 spiro atoms. The molecule has 2 atom stereocenters. The minimum absolute atomic E-state index is 0.118. The number of rotatable bonds is 6. The molecule has 2 aromatic rings. The molecule has 0 fully saturated rings. The maximum Gasteiger partial charge on any atom is 0.243 e. The minimum Gasteiger partial charge on any atom is -0.295 e. The fourth-order valence-corrected chi connectivity index (χ4v) is 2.37. The fraction of sp³-hybridized carbons (Fsp3) is 0.211. The summed E-state index contributed by atoms with van der Waals surface area (Å²) in [5.41, 5.74) is 0.809. The molecule has 5 nitrogen and oxygen atoms in total. The van der Waals surface area contributed by atoms with Crippen LogP contribution in [0.5, 0.6) is 0 Å². The van der Waals surface area contributed by atoms with E-state index < -0.39 is 35.5 Å². The van der Waals surface area contributed by atoms with Crippen LogP contribution in [0.1, 0.15) is 24.1 Å². The Balaban J connectivity index is 1.93. The molecule has 0 aliphatic heterocycles. The Morgan fingerprint density at radius 3 is 2.31 bits per heavy atom. The number of nitriles is 1. The lowest BCUT2D eigenvalue weighted by atomic mass is 10.1. The molecule has 0 aromatic heterocycles. The topological polar surface area (TPSA) is 82.0 Å². The highest BCUT2D eigenvalue weighted by molar-refractivity contribution is 5.98. The van der Waals surface area contributed by atoms with Crippen molar-refractivity contribution in [3.63, 3.8) is 0 Å². The maximum absolute atomic E-state index is 13.1. The normalized spacial score (nSPS) is 12.7. The predicted octanol–water partition coefficient (Wildman–Crippen LogP) is 2.39. The first-order valence-corrected chi connectivity index (χ1v) is 7.88. The van der Waals surface area contributed by atoms with E-state index in [2.05, 4.69) is 16.7 Å². The smallest absolute Gasteiger partial charge is 0.243 e. The summed E-state index contributed by atoms with van der Waals surface area (Å²) in [6.45, 7) is 1.51. The molecule has 0 aliphatic carbocycles. The fourth-order valence-electron chi connectivity index (χ4n) is 2.37. The Hall–Kier alpha value is -3.11. The Morgan fingerprint density at radius 2 is 1.73 bits per heavy atom. The van der Waals surface area contributed by atoms with Gasteiger partial charge in [-0.05, 0) is 30.2 Å². The molecular weight excluding hydrogens is 340 g/mol. The van der Waals surface area contributed by atoms with E-state index in [1.165, 1.54) is 6.92 Å². The molecular formula is C19H17F2N3O2. The van der Waals surface area contributed by atoms with Gasteiger partial charge in [0.05, 0.1) is 18.5 Å². The van der Waals surface area contributed by atoms with Crippen molar-refractivity contribution in [1.29, 1.82) is 5.26 Å². The third-order valence-corrected chi connectivity index (χ3v) is 3.62. The molecule has 0 saturated carbocycles. The van der Waals surface area contributed by atoms with E-state index in [1.54, 1.807) is 24.3 Å². The lowest BCUT2D eigenvalue weighted by molar-refractivity contribution is -0.131. The van der Waals surface area contributed by atoms with Gasteiger partial charge < -0.3 is 0 Å². The number of carbonyl (C=O) groups excluding carboxylic acids is 2. The monoisotopic (exact) mass is 357 g/mol. The van der Waals surface area contributed by atoms with Crippen molar-refractivity contribution in [2.75, 3.05) is 0 Å². The molecule has 26 heavy (non-hydrogen) atoms. The second-order valence-electron chi connectivity index (χ2n) is 5.73. The maximum atomic E-state index is 13.1. The molecule has 2 N–H and O–H groups in total. The van der Waals surface area contributed by atoms with Crippen LogP contribution in [0.4, 0.5) is 8.78 Å². The summed E-state index contributed by atoms with van der Waals surface area (Å²) in [7, 11) is 0. The van der Waals surface area contributed by atoms with Gasteiger partial charge in [0.2, 0.25) is 11.8 Å². The molecule has 2 aromatic carbocycles. The number of hydrogen-bond donors (Lipinski definition) is 2. The first kappa shape index (κ1) is 19.2. The average molecular weight is 357 g/mol. The Bertz CT molecular complexity index is 814. The van der Waals surface area contributed by atoms with Gasteiger partial charge in [-0.2, -0.15) is 5.26 Å². The predicted molar refractivity (Wildman–Crippen MR) is 90.6 cm³/mol. The highest BCUT2D eigenvalue weighted by atomic mass is 19.1. The molecule has 134 valence electrons. The second-order valence-corrected chi connectivity index (χ2v) is 5.73. The summed E-state index contributed by atoms with van der Waals surface area (Å²) >= 11 is 0. The van der Waals surface area contributed by atoms with Crippen molar-refractivity contribution in [1.82, 2.24) is 10.6 Å². The van der Waals surface area contributed by atoms with E-state index in [-0.39, 0.29) is 12.0 Å².